The number of hydrogen-bond donors (Lipinski definition) is 1. The molecule has 0 aliphatic rings. The molecule has 0 saturated carbocycles. The molecule has 1 N–H and O–H groups in total. The van der Waals surface area contributed by atoms with Crippen LogP contribution in [0.15, 0.2) is 42.5 Å². The largest absolute Gasteiger partial charge is 0.326 e. The molecule has 3 heteroatoms. The molecule has 0 aliphatic carbocycles. The standard InChI is InChI=1S/C18H20ClNO/c1-13-5-3-7-17(14(13)2)20-18(21)8-4-6-15-9-11-16(19)12-10-15/h3,5,7,9-12H,4,6,8H2,1-2H3,(H,20,21). The summed E-state index contributed by atoms with van der Waals surface area (Å²) in [5.74, 6) is 0.0673. The van der Waals surface area contributed by atoms with Gasteiger partial charge in [-0.25, -0.2) is 0 Å². The van der Waals surface area contributed by atoms with Crippen molar-refractivity contribution in [3.8, 4) is 0 Å². The monoisotopic (exact) mass is 301 g/mol. The molecule has 0 heterocycles. The third-order valence-corrected chi connectivity index (χ3v) is 3.91. The smallest absolute Gasteiger partial charge is 0.224 e. The molecule has 0 spiro atoms. The number of rotatable bonds is 5. The average molecular weight is 302 g/mol. The van der Waals surface area contributed by atoms with E-state index in [9.17, 15) is 4.79 Å². The van der Waals surface area contributed by atoms with Gasteiger partial charge in [0.2, 0.25) is 5.91 Å². The minimum absolute atomic E-state index is 0.0673. The lowest BCUT2D eigenvalue weighted by molar-refractivity contribution is -0.116. The van der Waals surface area contributed by atoms with E-state index in [1.165, 1.54) is 11.1 Å². The number of anilines is 1. The van der Waals surface area contributed by atoms with Gasteiger partial charge in [0.1, 0.15) is 0 Å². The van der Waals surface area contributed by atoms with Gasteiger partial charge in [-0.2, -0.15) is 0 Å². The van der Waals surface area contributed by atoms with Gasteiger partial charge in [-0.3, -0.25) is 4.79 Å². The van der Waals surface area contributed by atoms with Gasteiger partial charge in [0.15, 0.2) is 0 Å². The van der Waals surface area contributed by atoms with Crippen molar-refractivity contribution in [1.82, 2.24) is 0 Å². The minimum Gasteiger partial charge on any atom is -0.326 e. The lowest BCUT2D eigenvalue weighted by Gasteiger charge is -2.10. The van der Waals surface area contributed by atoms with Crippen LogP contribution in [0.25, 0.3) is 0 Å². The number of carbonyl (C=O) groups is 1. The number of benzene rings is 2. The molecule has 0 fully saturated rings. The highest BCUT2D eigenvalue weighted by Gasteiger charge is 2.06. The maximum atomic E-state index is 12.0. The molecule has 1 amide bonds. The van der Waals surface area contributed by atoms with Crippen molar-refractivity contribution in [3.63, 3.8) is 0 Å². The van der Waals surface area contributed by atoms with Crippen LogP contribution in [-0.4, -0.2) is 5.91 Å². The van der Waals surface area contributed by atoms with Crippen LogP contribution in [0.5, 0.6) is 0 Å². The first-order chi connectivity index (χ1) is 10.1. The van der Waals surface area contributed by atoms with E-state index in [0.717, 1.165) is 29.1 Å². The summed E-state index contributed by atoms with van der Waals surface area (Å²) in [6.45, 7) is 4.07. The number of nitrogens with one attached hydrogen (secondary N) is 1. The molecular formula is C18H20ClNO. The van der Waals surface area contributed by atoms with Gasteiger partial charge in [-0.05, 0) is 61.6 Å². The van der Waals surface area contributed by atoms with Crippen molar-refractivity contribution in [2.45, 2.75) is 33.1 Å². The molecule has 0 aliphatic heterocycles. The van der Waals surface area contributed by atoms with Crippen molar-refractivity contribution in [2.75, 3.05) is 5.32 Å². The van der Waals surface area contributed by atoms with E-state index in [-0.39, 0.29) is 5.91 Å². The molecule has 2 aromatic carbocycles. The Labute approximate surface area is 131 Å². The first kappa shape index (κ1) is 15.6. The molecule has 0 atom stereocenters. The van der Waals surface area contributed by atoms with Crippen LogP contribution in [0.2, 0.25) is 5.02 Å². The zero-order chi connectivity index (χ0) is 15.2. The van der Waals surface area contributed by atoms with Crippen LogP contribution in [0.4, 0.5) is 5.69 Å². The third-order valence-electron chi connectivity index (χ3n) is 3.66. The fraction of sp³-hybridized carbons (Fsp3) is 0.278. The molecule has 2 aromatic rings. The second-order valence-electron chi connectivity index (χ2n) is 5.28. The molecule has 21 heavy (non-hydrogen) atoms. The highest BCUT2D eigenvalue weighted by molar-refractivity contribution is 6.30. The van der Waals surface area contributed by atoms with E-state index in [2.05, 4.69) is 5.32 Å². The molecule has 110 valence electrons. The Morgan fingerprint density at radius 2 is 1.81 bits per heavy atom. The van der Waals surface area contributed by atoms with Crippen LogP contribution in [-0.2, 0) is 11.2 Å². The van der Waals surface area contributed by atoms with E-state index in [1.807, 2.05) is 56.3 Å². The van der Waals surface area contributed by atoms with Crippen molar-refractivity contribution >= 4 is 23.2 Å². The van der Waals surface area contributed by atoms with Gasteiger partial charge in [-0.15, -0.1) is 0 Å². The highest BCUT2D eigenvalue weighted by atomic mass is 35.5. The van der Waals surface area contributed by atoms with Crippen LogP contribution in [0.3, 0.4) is 0 Å². The van der Waals surface area contributed by atoms with Crippen molar-refractivity contribution in [1.29, 1.82) is 0 Å². The predicted octanol–water partition coefficient (Wildman–Crippen LogP) is 4.92. The van der Waals surface area contributed by atoms with E-state index in [1.54, 1.807) is 0 Å². The molecule has 0 bridgehead atoms. The normalized spacial score (nSPS) is 10.4. The highest BCUT2D eigenvalue weighted by Crippen LogP contribution is 2.18. The van der Waals surface area contributed by atoms with Gasteiger partial charge < -0.3 is 5.32 Å². The zero-order valence-electron chi connectivity index (χ0n) is 12.4. The van der Waals surface area contributed by atoms with E-state index in [4.69, 9.17) is 11.6 Å². The van der Waals surface area contributed by atoms with Crippen LogP contribution in [0, 0.1) is 13.8 Å². The summed E-state index contributed by atoms with van der Waals surface area (Å²) in [4.78, 5) is 12.0. The summed E-state index contributed by atoms with van der Waals surface area (Å²) in [5.41, 5.74) is 4.43. The molecule has 0 unspecified atom stereocenters. The third kappa shape index (κ3) is 4.61. The quantitative estimate of drug-likeness (QED) is 0.834. The van der Waals surface area contributed by atoms with Crippen molar-refractivity contribution in [3.05, 3.63) is 64.2 Å². The number of hydrogen-bond acceptors (Lipinski definition) is 1. The summed E-state index contributed by atoms with van der Waals surface area (Å²) in [6.07, 6.45) is 2.24. The van der Waals surface area contributed by atoms with E-state index >= 15 is 0 Å². The van der Waals surface area contributed by atoms with Gasteiger partial charge >= 0.3 is 0 Å². The summed E-state index contributed by atoms with van der Waals surface area (Å²) in [5, 5.41) is 3.73. The molecule has 2 nitrogen and oxygen atoms in total. The van der Waals surface area contributed by atoms with Crippen molar-refractivity contribution < 1.29 is 4.79 Å². The molecule has 0 radical (unpaired) electrons. The van der Waals surface area contributed by atoms with Gasteiger partial charge in [0.25, 0.3) is 0 Å². The number of carbonyl (C=O) groups excluding carboxylic acids is 1. The predicted molar refractivity (Wildman–Crippen MR) is 88.9 cm³/mol. The summed E-state index contributed by atoms with van der Waals surface area (Å²) >= 11 is 5.85. The molecular weight excluding hydrogens is 282 g/mol. The Morgan fingerprint density at radius 1 is 1.10 bits per heavy atom. The number of halogens is 1. The summed E-state index contributed by atoms with van der Waals surface area (Å²) in [6, 6.07) is 13.7. The first-order valence-electron chi connectivity index (χ1n) is 7.17. The number of aryl methyl sites for hydroxylation is 2. The molecule has 0 saturated heterocycles. The lowest BCUT2D eigenvalue weighted by atomic mass is 10.1. The van der Waals surface area contributed by atoms with Crippen molar-refractivity contribution in [2.24, 2.45) is 0 Å². The second-order valence-corrected chi connectivity index (χ2v) is 5.71. The minimum atomic E-state index is 0.0673. The maximum Gasteiger partial charge on any atom is 0.224 e. The van der Waals surface area contributed by atoms with E-state index in [0.29, 0.717) is 6.42 Å². The average Bonchev–Trinajstić information content (AvgIpc) is 2.46. The van der Waals surface area contributed by atoms with Crippen LogP contribution < -0.4 is 5.32 Å². The topological polar surface area (TPSA) is 29.1 Å². The zero-order valence-corrected chi connectivity index (χ0v) is 13.2. The Kier molecular flexibility index (Phi) is 5.40. The lowest BCUT2D eigenvalue weighted by Crippen LogP contribution is -2.12. The van der Waals surface area contributed by atoms with E-state index < -0.39 is 0 Å². The van der Waals surface area contributed by atoms with Gasteiger partial charge in [0.05, 0.1) is 0 Å². The summed E-state index contributed by atoms with van der Waals surface area (Å²) in [7, 11) is 0. The Bertz CT molecular complexity index is 620. The SMILES string of the molecule is Cc1cccc(NC(=O)CCCc2ccc(Cl)cc2)c1C. The fourth-order valence-corrected chi connectivity index (χ4v) is 2.33. The molecule has 0 aromatic heterocycles. The van der Waals surface area contributed by atoms with Gasteiger partial charge in [-0.1, -0.05) is 35.9 Å². The number of amides is 1. The first-order valence-corrected chi connectivity index (χ1v) is 7.54. The Hall–Kier alpha value is -1.80. The summed E-state index contributed by atoms with van der Waals surface area (Å²) < 4.78 is 0. The molecule has 2 rings (SSSR count). The second kappa shape index (κ2) is 7.28. The van der Waals surface area contributed by atoms with Crippen LogP contribution in [0.1, 0.15) is 29.5 Å². The fourth-order valence-electron chi connectivity index (χ4n) is 2.20. The maximum absolute atomic E-state index is 12.0. The Morgan fingerprint density at radius 3 is 2.52 bits per heavy atom. The van der Waals surface area contributed by atoms with Crippen LogP contribution >= 0.6 is 11.6 Å². The van der Waals surface area contributed by atoms with Gasteiger partial charge in [0, 0.05) is 17.1 Å². The Balaban J connectivity index is 1.82.